The Balaban J connectivity index is 1.73. The molecule has 5 heteroatoms. The van der Waals surface area contributed by atoms with Crippen LogP contribution in [0.4, 0.5) is 15.8 Å². The van der Waals surface area contributed by atoms with E-state index in [4.69, 9.17) is 4.74 Å². The van der Waals surface area contributed by atoms with Crippen LogP contribution >= 0.6 is 0 Å². The molecule has 0 spiro atoms. The van der Waals surface area contributed by atoms with Crippen molar-refractivity contribution >= 4 is 17.3 Å². The minimum atomic E-state index is -0.270. The molecule has 2 aliphatic heterocycles. The standard InChI is InChI=1S/C14H17FN2O2/c15-11-6-9-3-4-14(18)17-12(9)7-13(11)16-8-10-2-1-5-19-10/h6-7,10,16H,1-5,8H2,(H,17,18). The van der Waals surface area contributed by atoms with Crippen molar-refractivity contribution in [1.29, 1.82) is 0 Å². The fourth-order valence-corrected chi connectivity index (χ4v) is 2.56. The Morgan fingerprint density at radius 1 is 1.42 bits per heavy atom. The normalized spacial score (nSPS) is 21.9. The number of rotatable bonds is 3. The van der Waals surface area contributed by atoms with E-state index in [1.54, 1.807) is 6.07 Å². The van der Waals surface area contributed by atoms with Crippen LogP contribution in [0.25, 0.3) is 0 Å². The Bertz CT molecular complexity index is 498. The SMILES string of the molecule is O=C1CCc2cc(F)c(NCC3CCCO3)cc2N1. The van der Waals surface area contributed by atoms with Gasteiger partial charge >= 0.3 is 0 Å². The number of carbonyl (C=O) groups excluding carboxylic acids is 1. The minimum Gasteiger partial charge on any atom is -0.380 e. The predicted molar refractivity (Wildman–Crippen MR) is 70.8 cm³/mol. The van der Waals surface area contributed by atoms with Crippen LogP contribution in [0.3, 0.4) is 0 Å². The molecule has 4 nitrogen and oxygen atoms in total. The average molecular weight is 264 g/mol. The zero-order valence-electron chi connectivity index (χ0n) is 10.7. The fraction of sp³-hybridized carbons (Fsp3) is 0.500. The van der Waals surface area contributed by atoms with Crippen molar-refractivity contribution in [2.24, 2.45) is 0 Å². The van der Waals surface area contributed by atoms with Gasteiger partial charge in [0.1, 0.15) is 5.82 Å². The lowest BCUT2D eigenvalue weighted by Gasteiger charge is -2.19. The Kier molecular flexibility index (Phi) is 3.38. The molecule has 1 atom stereocenters. The number of anilines is 2. The quantitative estimate of drug-likeness (QED) is 0.880. The molecular weight excluding hydrogens is 247 g/mol. The largest absolute Gasteiger partial charge is 0.380 e. The lowest BCUT2D eigenvalue weighted by atomic mass is 10.0. The van der Waals surface area contributed by atoms with Crippen LogP contribution in [0.15, 0.2) is 12.1 Å². The van der Waals surface area contributed by atoms with E-state index in [9.17, 15) is 9.18 Å². The van der Waals surface area contributed by atoms with Gasteiger partial charge in [0.2, 0.25) is 5.91 Å². The van der Waals surface area contributed by atoms with Crippen molar-refractivity contribution in [2.45, 2.75) is 31.8 Å². The maximum Gasteiger partial charge on any atom is 0.224 e. The Morgan fingerprint density at radius 3 is 3.11 bits per heavy atom. The molecule has 0 bridgehead atoms. The predicted octanol–water partition coefficient (Wildman–Crippen LogP) is 2.30. The number of fused-ring (bicyclic) bond motifs is 1. The number of aryl methyl sites for hydroxylation is 1. The highest BCUT2D eigenvalue weighted by atomic mass is 19.1. The molecule has 3 rings (SSSR count). The Morgan fingerprint density at radius 2 is 2.32 bits per heavy atom. The molecule has 1 amide bonds. The maximum atomic E-state index is 13.9. The topological polar surface area (TPSA) is 50.4 Å². The van der Waals surface area contributed by atoms with Crippen LogP contribution < -0.4 is 10.6 Å². The van der Waals surface area contributed by atoms with Gasteiger partial charge in [-0.2, -0.15) is 0 Å². The van der Waals surface area contributed by atoms with Crippen LogP contribution in [-0.4, -0.2) is 25.2 Å². The van der Waals surface area contributed by atoms with Crippen molar-refractivity contribution in [3.05, 3.63) is 23.5 Å². The third-order valence-electron chi connectivity index (χ3n) is 3.63. The van der Waals surface area contributed by atoms with Crippen molar-refractivity contribution < 1.29 is 13.9 Å². The zero-order chi connectivity index (χ0) is 13.2. The highest BCUT2D eigenvalue weighted by Crippen LogP contribution is 2.28. The molecule has 2 N–H and O–H groups in total. The van der Waals surface area contributed by atoms with Crippen LogP contribution in [0.2, 0.25) is 0 Å². The van der Waals surface area contributed by atoms with Crippen molar-refractivity contribution in [3.63, 3.8) is 0 Å². The lowest BCUT2D eigenvalue weighted by molar-refractivity contribution is -0.116. The number of nitrogens with one attached hydrogen (secondary N) is 2. The van der Waals surface area contributed by atoms with Gasteiger partial charge in [-0.25, -0.2) is 4.39 Å². The van der Waals surface area contributed by atoms with E-state index in [0.29, 0.717) is 30.8 Å². The van der Waals surface area contributed by atoms with Gasteiger partial charge in [-0.1, -0.05) is 0 Å². The number of amides is 1. The van der Waals surface area contributed by atoms with Crippen LogP contribution in [0, 0.1) is 5.82 Å². The van der Waals surface area contributed by atoms with Gasteiger partial charge in [0, 0.05) is 25.3 Å². The molecule has 0 aromatic heterocycles. The van der Waals surface area contributed by atoms with E-state index in [2.05, 4.69) is 10.6 Å². The second kappa shape index (κ2) is 5.17. The molecule has 102 valence electrons. The monoisotopic (exact) mass is 264 g/mol. The number of ether oxygens (including phenoxy) is 1. The van der Waals surface area contributed by atoms with E-state index in [-0.39, 0.29) is 17.8 Å². The first-order chi connectivity index (χ1) is 9.22. The highest BCUT2D eigenvalue weighted by molar-refractivity contribution is 5.94. The summed E-state index contributed by atoms with van der Waals surface area (Å²) in [6.07, 6.45) is 3.26. The first-order valence-corrected chi connectivity index (χ1v) is 6.70. The summed E-state index contributed by atoms with van der Waals surface area (Å²) in [5.41, 5.74) is 2.00. The van der Waals surface area contributed by atoms with Crippen LogP contribution in [0.1, 0.15) is 24.8 Å². The smallest absolute Gasteiger partial charge is 0.224 e. The molecule has 0 aliphatic carbocycles. The number of hydrogen-bond donors (Lipinski definition) is 2. The van der Waals surface area contributed by atoms with Crippen molar-refractivity contribution in [3.8, 4) is 0 Å². The van der Waals surface area contributed by atoms with Gasteiger partial charge in [0.15, 0.2) is 0 Å². The molecular formula is C14H17FN2O2. The van der Waals surface area contributed by atoms with Gasteiger partial charge in [-0.05, 0) is 37.0 Å². The number of benzene rings is 1. The Labute approximate surface area is 111 Å². The van der Waals surface area contributed by atoms with Gasteiger partial charge in [0.25, 0.3) is 0 Å². The molecule has 1 unspecified atom stereocenters. The first-order valence-electron chi connectivity index (χ1n) is 6.70. The van der Waals surface area contributed by atoms with Crippen LogP contribution in [0.5, 0.6) is 0 Å². The summed E-state index contributed by atoms with van der Waals surface area (Å²) >= 11 is 0. The third-order valence-corrected chi connectivity index (χ3v) is 3.63. The molecule has 19 heavy (non-hydrogen) atoms. The second-order valence-corrected chi connectivity index (χ2v) is 5.05. The zero-order valence-corrected chi connectivity index (χ0v) is 10.7. The second-order valence-electron chi connectivity index (χ2n) is 5.05. The Hall–Kier alpha value is -1.62. The molecule has 1 aromatic rings. The number of halogens is 1. The van der Waals surface area contributed by atoms with E-state index in [0.717, 1.165) is 25.0 Å². The third kappa shape index (κ3) is 2.71. The highest BCUT2D eigenvalue weighted by Gasteiger charge is 2.19. The summed E-state index contributed by atoms with van der Waals surface area (Å²) in [5.74, 6) is -0.280. The van der Waals surface area contributed by atoms with Crippen molar-refractivity contribution in [1.82, 2.24) is 0 Å². The maximum absolute atomic E-state index is 13.9. The first kappa shape index (κ1) is 12.4. The summed E-state index contributed by atoms with van der Waals surface area (Å²) in [6.45, 7) is 1.39. The minimum absolute atomic E-state index is 0.0100. The summed E-state index contributed by atoms with van der Waals surface area (Å²) in [6, 6.07) is 3.18. The van der Waals surface area contributed by atoms with Gasteiger partial charge in [-0.3, -0.25) is 4.79 Å². The number of hydrogen-bond acceptors (Lipinski definition) is 3. The van der Waals surface area contributed by atoms with Crippen molar-refractivity contribution in [2.75, 3.05) is 23.8 Å². The van der Waals surface area contributed by atoms with Gasteiger partial charge < -0.3 is 15.4 Å². The van der Waals surface area contributed by atoms with E-state index in [1.807, 2.05) is 0 Å². The lowest BCUT2D eigenvalue weighted by Crippen LogP contribution is -2.21. The fourth-order valence-electron chi connectivity index (χ4n) is 2.56. The van der Waals surface area contributed by atoms with E-state index in [1.165, 1.54) is 6.07 Å². The molecule has 0 radical (unpaired) electrons. The van der Waals surface area contributed by atoms with Gasteiger partial charge in [-0.15, -0.1) is 0 Å². The summed E-state index contributed by atoms with van der Waals surface area (Å²) < 4.78 is 19.4. The molecule has 1 aromatic carbocycles. The number of carbonyl (C=O) groups is 1. The van der Waals surface area contributed by atoms with Crippen LogP contribution in [-0.2, 0) is 16.0 Å². The van der Waals surface area contributed by atoms with Gasteiger partial charge in [0.05, 0.1) is 11.8 Å². The average Bonchev–Trinajstić information content (AvgIpc) is 2.90. The summed E-state index contributed by atoms with van der Waals surface area (Å²) in [4.78, 5) is 11.3. The molecule has 1 fully saturated rings. The summed E-state index contributed by atoms with van der Waals surface area (Å²) in [5, 5.41) is 5.85. The molecule has 1 saturated heterocycles. The summed E-state index contributed by atoms with van der Waals surface area (Å²) in [7, 11) is 0. The van der Waals surface area contributed by atoms with E-state index >= 15 is 0 Å². The molecule has 2 aliphatic rings. The molecule has 2 heterocycles. The van der Waals surface area contributed by atoms with E-state index < -0.39 is 0 Å². The molecule has 0 saturated carbocycles.